The number of allylic oxidation sites excluding steroid dienone is 1. The molecule has 2 aromatic carbocycles. The Kier molecular flexibility index (Phi) is 5.59. The van der Waals surface area contributed by atoms with Crippen molar-refractivity contribution >= 4 is 11.9 Å². The Morgan fingerprint density at radius 1 is 0.808 bits per heavy atom. The second kappa shape index (κ2) is 7.51. The first-order valence-corrected chi connectivity index (χ1v) is 6.96. The summed E-state index contributed by atoms with van der Waals surface area (Å²) in [4.78, 5) is 12.0. The molecule has 0 aliphatic heterocycles. The Hall–Kier alpha value is -2.97. The quantitative estimate of drug-likeness (QED) is 0.399. The van der Waals surface area contributed by atoms with E-state index in [9.17, 15) is 31.1 Å². The smallest absolute Gasteiger partial charge is 0.406 e. The lowest BCUT2D eigenvalue weighted by Gasteiger charge is -2.09. The molecule has 0 radical (unpaired) electrons. The zero-order valence-corrected chi connectivity index (χ0v) is 12.8. The van der Waals surface area contributed by atoms with Crippen LogP contribution in [-0.4, -0.2) is 18.5 Å². The zero-order chi connectivity index (χ0) is 19.4. The molecule has 26 heavy (non-hydrogen) atoms. The topological polar surface area (TPSA) is 35.5 Å². The molecule has 0 aromatic heterocycles. The normalized spacial score (nSPS) is 12.2. The van der Waals surface area contributed by atoms with Gasteiger partial charge in [0.25, 0.3) is 0 Å². The van der Waals surface area contributed by atoms with E-state index in [1.54, 1.807) is 0 Å². The molecule has 0 amide bonds. The molecule has 138 valence electrons. The molecule has 0 N–H and O–H groups in total. The number of hydrogen-bond donors (Lipinski definition) is 0. The van der Waals surface area contributed by atoms with Gasteiger partial charge in [-0.1, -0.05) is 30.3 Å². The number of carbonyl (C=O) groups excluding carboxylic acids is 1. The van der Waals surface area contributed by atoms with Crippen molar-refractivity contribution < 1.29 is 40.6 Å². The van der Waals surface area contributed by atoms with Gasteiger partial charge in [-0.2, -0.15) is 0 Å². The van der Waals surface area contributed by atoms with Crippen molar-refractivity contribution in [2.24, 2.45) is 0 Å². The number of rotatable bonds is 5. The van der Waals surface area contributed by atoms with Crippen molar-refractivity contribution in [3.63, 3.8) is 0 Å². The molecule has 2 rings (SSSR count). The molecule has 0 unspecified atom stereocenters. The number of ketones is 1. The number of alkyl halides is 6. The Balaban J connectivity index is 2.06. The number of benzene rings is 2. The van der Waals surface area contributed by atoms with Crippen LogP contribution < -0.4 is 9.47 Å². The Morgan fingerprint density at radius 2 is 1.38 bits per heavy atom. The average Bonchev–Trinajstić information content (AvgIpc) is 2.51. The highest BCUT2D eigenvalue weighted by Gasteiger charge is 2.31. The van der Waals surface area contributed by atoms with E-state index in [-0.39, 0.29) is 5.56 Å². The predicted molar refractivity (Wildman–Crippen MR) is 79.6 cm³/mol. The van der Waals surface area contributed by atoms with Crippen LogP contribution in [0.25, 0.3) is 6.08 Å². The minimum Gasteiger partial charge on any atom is -0.406 e. The van der Waals surface area contributed by atoms with E-state index in [2.05, 4.69) is 9.47 Å². The standard InChI is InChI=1S/C17H10F6O3/c18-16(19,20)25-13-7-4-11(5-8-13)6-9-15(24)12-2-1-3-14(10-12)26-17(21,22)23/h1-10H. The van der Waals surface area contributed by atoms with E-state index in [1.807, 2.05) is 0 Å². The highest BCUT2D eigenvalue weighted by molar-refractivity contribution is 6.07. The van der Waals surface area contributed by atoms with Crippen LogP contribution in [0.15, 0.2) is 54.6 Å². The van der Waals surface area contributed by atoms with Crippen LogP contribution in [0.4, 0.5) is 26.3 Å². The molecule has 0 heterocycles. The maximum atomic E-state index is 12.2. The van der Waals surface area contributed by atoms with Crippen LogP contribution in [0.3, 0.4) is 0 Å². The summed E-state index contributed by atoms with van der Waals surface area (Å²) < 4.78 is 80.1. The third kappa shape index (κ3) is 6.50. The van der Waals surface area contributed by atoms with Crippen LogP contribution in [0.5, 0.6) is 11.5 Å². The summed E-state index contributed by atoms with van der Waals surface area (Å²) in [7, 11) is 0. The molecule has 0 aliphatic carbocycles. The Bertz CT molecular complexity index is 791. The predicted octanol–water partition coefficient (Wildman–Crippen LogP) is 5.38. The van der Waals surface area contributed by atoms with E-state index in [4.69, 9.17) is 0 Å². The van der Waals surface area contributed by atoms with Crippen molar-refractivity contribution in [3.05, 3.63) is 65.7 Å². The number of hydrogen-bond acceptors (Lipinski definition) is 3. The minimum absolute atomic E-state index is 0.0416. The van der Waals surface area contributed by atoms with Gasteiger partial charge < -0.3 is 9.47 Å². The molecule has 2 aromatic rings. The zero-order valence-electron chi connectivity index (χ0n) is 12.8. The largest absolute Gasteiger partial charge is 0.573 e. The van der Waals surface area contributed by atoms with Crippen molar-refractivity contribution in [2.75, 3.05) is 0 Å². The van der Waals surface area contributed by atoms with Crippen LogP contribution in [-0.2, 0) is 0 Å². The minimum atomic E-state index is -4.88. The van der Waals surface area contributed by atoms with Gasteiger partial charge in [0.15, 0.2) is 5.78 Å². The van der Waals surface area contributed by atoms with Gasteiger partial charge in [0.2, 0.25) is 0 Å². The summed E-state index contributed by atoms with van der Waals surface area (Å²) in [5.74, 6) is -1.56. The molecule has 9 heteroatoms. The SMILES string of the molecule is O=C(C=Cc1ccc(OC(F)(F)F)cc1)c1cccc(OC(F)(F)F)c1. The van der Waals surface area contributed by atoms with Crippen molar-refractivity contribution in [1.29, 1.82) is 0 Å². The molecular weight excluding hydrogens is 366 g/mol. The number of halogens is 6. The fraction of sp³-hybridized carbons (Fsp3) is 0.118. The van der Waals surface area contributed by atoms with Crippen molar-refractivity contribution in [1.82, 2.24) is 0 Å². The molecular formula is C17H10F6O3. The van der Waals surface area contributed by atoms with Crippen LogP contribution in [0.1, 0.15) is 15.9 Å². The van der Waals surface area contributed by atoms with Crippen molar-refractivity contribution in [2.45, 2.75) is 12.7 Å². The Morgan fingerprint density at radius 3 is 1.96 bits per heavy atom. The second-order valence-electron chi connectivity index (χ2n) is 4.89. The van der Waals surface area contributed by atoms with Crippen molar-refractivity contribution in [3.8, 4) is 11.5 Å². The lowest BCUT2D eigenvalue weighted by Crippen LogP contribution is -2.17. The van der Waals surface area contributed by atoms with E-state index >= 15 is 0 Å². The lowest BCUT2D eigenvalue weighted by atomic mass is 10.1. The second-order valence-corrected chi connectivity index (χ2v) is 4.89. The summed E-state index contributed by atoms with van der Waals surface area (Å²) in [6.07, 6.45) is -7.31. The molecule has 0 aliphatic rings. The number of carbonyl (C=O) groups is 1. The summed E-state index contributed by atoms with van der Waals surface area (Å²) in [6.45, 7) is 0. The van der Waals surface area contributed by atoms with Gasteiger partial charge in [0.05, 0.1) is 0 Å². The van der Waals surface area contributed by atoms with Gasteiger partial charge in [-0.25, -0.2) is 0 Å². The van der Waals surface area contributed by atoms with Gasteiger partial charge in [0, 0.05) is 5.56 Å². The Labute approximate surface area is 143 Å². The molecule has 0 fully saturated rings. The molecule has 0 saturated heterocycles. The van der Waals surface area contributed by atoms with Gasteiger partial charge in [-0.05, 0) is 35.9 Å². The van der Waals surface area contributed by atoms with E-state index in [0.717, 1.165) is 30.3 Å². The third-order valence-corrected chi connectivity index (χ3v) is 2.89. The first-order chi connectivity index (χ1) is 12.0. The van der Waals surface area contributed by atoms with Gasteiger partial charge in [-0.3, -0.25) is 4.79 Å². The summed E-state index contributed by atoms with van der Waals surface area (Å²) in [5, 5.41) is 0. The van der Waals surface area contributed by atoms with Gasteiger partial charge in [0.1, 0.15) is 11.5 Å². The van der Waals surface area contributed by atoms with Crippen LogP contribution >= 0.6 is 0 Å². The fourth-order valence-electron chi connectivity index (χ4n) is 1.90. The van der Waals surface area contributed by atoms with Gasteiger partial charge in [-0.15, -0.1) is 26.3 Å². The summed E-state index contributed by atoms with van der Waals surface area (Å²) in [5.41, 5.74) is 0.357. The molecule has 3 nitrogen and oxygen atoms in total. The average molecular weight is 376 g/mol. The maximum Gasteiger partial charge on any atom is 0.573 e. The maximum absolute atomic E-state index is 12.2. The third-order valence-electron chi connectivity index (χ3n) is 2.89. The molecule has 0 saturated carbocycles. The molecule has 0 atom stereocenters. The van der Waals surface area contributed by atoms with Gasteiger partial charge >= 0.3 is 12.7 Å². The molecule has 0 bridgehead atoms. The fourth-order valence-corrected chi connectivity index (χ4v) is 1.90. The van der Waals surface area contributed by atoms with E-state index < -0.39 is 30.0 Å². The van der Waals surface area contributed by atoms with E-state index in [0.29, 0.717) is 5.56 Å². The first kappa shape index (κ1) is 19.4. The van der Waals surface area contributed by atoms with E-state index in [1.165, 1.54) is 30.3 Å². The monoisotopic (exact) mass is 376 g/mol. The lowest BCUT2D eigenvalue weighted by molar-refractivity contribution is -0.275. The molecule has 0 spiro atoms. The number of ether oxygens (including phenoxy) is 2. The highest BCUT2D eigenvalue weighted by Crippen LogP contribution is 2.24. The van der Waals surface area contributed by atoms with Crippen LogP contribution in [0.2, 0.25) is 0 Å². The summed E-state index contributed by atoms with van der Waals surface area (Å²) in [6, 6.07) is 9.21. The highest BCUT2D eigenvalue weighted by atomic mass is 19.4. The van der Waals surface area contributed by atoms with Crippen LogP contribution in [0, 0.1) is 0 Å². The first-order valence-electron chi connectivity index (χ1n) is 6.96. The summed E-state index contributed by atoms with van der Waals surface area (Å²) >= 11 is 0.